The van der Waals surface area contributed by atoms with Crippen molar-refractivity contribution in [2.75, 3.05) is 18.0 Å². The normalized spacial score (nSPS) is 23.2. The molecule has 0 saturated carbocycles. The van der Waals surface area contributed by atoms with Gasteiger partial charge in [-0.05, 0) is 24.5 Å². The van der Waals surface area contributed by atoms with Crippen LogP contribution in [0.2, 0.25) is 0 Å². The third-order valence-corrected chi connectivity index (χ3v) is 4.74. The fourth-order valence-electron chi connectivity index (χ4n) is 2.72. The number of aromatic nitrogens is 1. The first-order valence-corrected chi connectivity index (χ1v) is 7.47. The van der Waals surface area contributed by atoms with Gasteiger partial charge in [0.15, 0.2) is 5.52 Å². The second-order valence-electron chi connectivity index (χ2n) is 5.27. The Morgan fingerprint density at radius 3 is 3.05 bits per heavy atom. The summed E-state index contributed by atoms with van der Waals surface area (Å²) in [5.41, 5.74) is 8.93. The number of anilines is 1. The molecule has 0 aliphatic carbocycles. The second kappa shape index (κ2) is 4.99. The zero-order chi connectivity index (χ0) is 14.3. The molecule has 2 aromatic rings. The summed E-state index contributed by atoms with van der Waals surface area (Å²) in [6, 6.07) is 3.92. The molecule has 1 aliphatic heterocycles. The third-order valence-electron chi connectivity index (χ3n) is 3.95. The highest BCUT2D eigenvalue weighted by Gasteiger charge is 2.29. The van der Waals surface area contributed by atoms with Crippen LogP contribution < -0.4 is 10.6 Å². The van der Waals surface area contributed by atoms with Crippen molar-refractivity contribution in [3.63, 3.8) is 0 Å². The molecular weight excluding hydrogens is 276 g/mol. The lowest BCUT2D eigenvalue weighted by Crippen LogP contribution is -2.46. The number of piperidine rings is 1. The molecule has 1 aromatic carbocycles. The monoisotopic (exact) mass is 292 g/mol. The van der Waals surface area contributed by atoms with Crippen LogP contribution in [0.25, 0.3) is 10.2 Å². The van der Waals surface area contributed by atoms with Crippen LogP contribution in [0.15, 0.2) is 17.6 Å². The first kappa shape index (κ1) is 13.3. The highest BCUT2D eigenvalue weighted by molar-refractivity contribution is 7.16. The van der Waals surface area contributed by atoms with Gasteiger partial charge in [0.1, 0.15) is 5.69 Å². The van der Waals surface area contributed by atoms with E-state index in [0.717, 1.165) is 24.2 Å². The largest absolute Gasteiger partial charge is 0.366 e. The molecule has 2 atom stereocenters. The molecule has 6 nitrogen and oxygen atoms in total. The topological polar surface area (TPSA) is 85.3 Å². The minimum Gasteiger partial charge on any atom is -0.366 e. The zero-order valence-electron chi connectivity index (χ0n) is 11.2. The molecule has 1 saturated heterocycles. The van der Waals surface area contributed by atoms with E-state index in [-0.39, 0.29) is 16.7 Å². The Balaban J connectivity index is 2.07. The number of hydrogen-bond donors (Lipinski definition) is 1. The molecule has 1 aromatic heterocycles. The predicted molar refractivity (Wildman–Crippen MR) is 80.2 cm³/mol. The van der Waals surface area contributed by atoms with E-state index in [1.165, 1.54) is 11.3 Å². The molecule has 2 N–H and O–H groups in total. The molecular formula is C13H16N4O2S. The van der Waals surface area contributed by atoms with Crippen LogP contribution in [0, 0.1) is 16.0 Å². The number of rotatable bonds is 2. The zero-order valence-corrected chi connectivity index (χ0v) is 12.0. The maximum absolute atomic E-state index is 11.4. The Hall–Kier alpha value is -1.73. The Morgan fingerprint density at radius 1 is 1.55 bits per heavy atom. The summed E-state index contributed by atoms with van der Waals surface area (Å²) >= 11 is 1.42. The predicted octanol–water partition coefficient (Wildman–Crippen LogP) is 2.38. The summed E-state index contributed by atoms with van der Waals surface area (Å²) in [5, 5.41) is 11.4. The van der Waals surface area contributed by atoms with Crippen LogP contribution in [-0.4, -0.2) is 29.0 Å². The average molecular weight is 292 g/mol. The number of nitro groups is 1. The van der Waals surface area contributed by atoms with Gasteiger partial charge in [-0.25, -0.2) is 4.98 Å². The van der Waals surface area contributed by atoms with E-state index in [0.29, 0.717) is 17.1 Å². The molecule has 7 heteroatoms. The van der Waals surface area contributed by atoms with Crippen molar-refractivity contribution < 1.29 is 4.92 Å². The van der Waals surface area contributed by atoms with Gasteiger partial charge in [-0.15, -0.1) is 11.3 Å². The second-order valence-corrected chi connectivity index (χ2v) is 6.15. The van der Waals surface area contributed by atoms with Crippen molar-refractivity contribution in [1.29, 1.82) is 0 Å². The molecule has 0 radical (unpaired) electrons. The van der Waals surface area contributed by atoms with Crippen molar-refractivity contribution in [2.45, 2.75) is 19.4 Å². The quantitative estimate of drug-likeness (QED) is 0.678. The standard InChI is InChI=1S/C13H16N4O2S/c1-8-6-16(5-4-9(8)14)10-2-3-11-12(15-7-20-11)13(10)17(18)19/h2-3,7-9H,4-6,14H2,1H3. The Kier molecular flexibility index (Phi) is 3.31. The van der Waals surface area contributed by atoms with E-state index >= 15 is 0 Å². The Morgan fingerprint density at radius 2 is 2.35 bits per heavy atom. The van der Waals surface area contributed by atoms with Gasteiger partial charge in [0.2, 0.25) is 0 Å². The molecule has 20 heavy (non-hydrogen) atoms. The summed E-state index contributed by atoms with van der Waals surface area (Å²) in [4.78, 5) is 17.3. The fraction of sp³-hybridized carbons (Fsp3) is 0.462. The number of nitrogens with two attached hydrogens (primary N) is 1. The number of nitrogens with zero attached hydrogens (tertiary/aromatic N) is 3. The van der Waals surface area contributed by atoms with Gasteiger partial charge in [-0.2, -0.15) is 0 Å². The van der Waals surface area contributed by atoms with Crippen molar-refractivity contribution in [1.82, 2.24) is 4.98 Å². The first-order chi connectivity index (χ1) is 9.58. The molecule has 1 fully saturated rings. The van der Waals surface area contributed by atoms with E-state index in [2.05, 4.69) is 16.8 Å². The molecule has 106 valence electrons. The van der Waals surface area contributed by atoms with Gasteiger partial charge in [-0.3, -0.25) is 10.1 Å². The van der Waals surface area contributed by atoms with E-state index in [4.69, 9.17) is 5.73 Å². The minimum absolute atomic E-state index is 0.117. The molecule has 3 rings (SSSR count). The summed E-state index contributed by atoms with van der Waals surface area (Å²) in [6.07, 6.45) is 0.855. The SMILES string of the molecule is CC1CN(c2ccc3scnc3c2[N+](=O)[O-])CCC1N. The number of nitro benzene ring substituents is 1. The summed E-state index contributed by atoms with van der Waals surface area (Å²) in [7, 11) is 0. The summed E-state index contributed by atoms with van der Waals surface area (Å²) in [6.45, 7) is 3.59. The first-order valence-electron chi connectivity index (χ1n) is 6.59. The average Bonchev–Trinajstić information content (AvgIpc) is 2.88. The molecule has 2 heterocycles. The van der Waals surface area contributed by atoms with Gasteiger partial charge >= 0.3 is 5.69 Å². The van der Waals surface area contributed by atoms with Crippen molar-refractivity contribution in [3.05, 3.63) is 27.8 Å². The number of thiazole rings is 1. The van der Waals surface area contributed by atoms with Crippen LogP contribution >= 0.6 is 11.3 Å². The van der Waals surface area contributed by atoms with Gasteiger partial charge in [0.25, 0.3) is 0 Å². The van der Waals surface area contributed by atoms with E-state index in [1.807, 2.05) is 12.1 Å². The summed E-state index contributed by atoms with van der Waals surface area (Å²) < 4.78 is 0.849. The lowest BCUT2D eigenvalue weighted by atomic mass is 9.94. The molecule has 0 spiro atoms. The maximum Gasteiger partial charge on any atom is 0.319 e. The molecule has 0 bridgehead atoms. The molecule has 1 aliphatic rings. The van der Waals surface area contributed by atoms with Crippen LogP contribution in [0.5, 0.6) is 0 Å². The summed E-state index contributed by atoms with van der Waals surface area (Å²) in [5.74, 6) is 0.328. The van der Waals surface area contributed by atoms with Gasteiger partial charge in [0, 0.05) is 19.1 Å². The van der Waals surface area contributed by atoms with Crippen LogP contribution in [0.4, 0.5) is 11.4 Å². The molecule has 0 amide bonds. The number of benzene rings is 1. The highest BCUT2D eigenvalue weighted by atomic mass is 32.1. The van der Waals surface area contributed by atoms with Crippen molar-refractivity contribution in [2.24, 2.45) is 11.7 Å². The third kappa shape index (κ3) is 2.12. The highest BCUT2D eigenvalue weighted by Crippen LogP contribution is 2.37. The number of hydrogen-bond acceptors (Lipinski definition) is 6. The maximum atomic E-state index is 11.4. The van der Waals surface area contributed by atoms with Crippen LogP contribution in [-0.2, 0) is 0 Å². The fourth-order valence-corrected chi connectivity index (χ4v) is 3.40. The van der Waals surface area contributed by atoms with Crippen molar-refractivity contribution in [3.8, 4) is 0 Å². The van der Waals surface area contributed by atoms with E-state index < -0.39 is 0 Å². The van der Waals surface area contributed by atoms with Gasteiger partial charge < -0.3 is 10.6 Å². The molecule has 2 unspecified atom stereocenters. The van der Waals surface area contributed by atoms with E-state index in [1.54, 1.807) is 5.51 Å². The van der Waals surface area contributed by atoms with Gasteiger partial charge in [-0.1, -0.05) is 6.92 Å². The van der Waals surface area contributed by atoms with Crippen LogP contribution in [0.3, 0.4) is 0 Å². The van der Waals surface area contributed by atoms with Crippen LogP contribution in [0.1, 0.15) is 13.3 Å². The Bertz CT molecular complexity index is 657. The minimum atomic E-state index is -0.323. The van der Waals surface area contributed by atoms with Crippen molar-refractivity contribution >= 4 is 32.9 Å². The Labute approximate surface area is 120 Å². The van der Waals surface area contributed by atoms with Gasteiger partial charge in [0.05, 0.1) is 15.1 Å². The van der Waals surface area contributed by atoms with E-state index in [9.17, 15) is 10.1 Å². The lowest BCUT2D eigenvalue weighted by Gasteiger charge is -2.36. The number of fused-ring (bicyclic) bond motifs is 1. The smallest absolute Gasteiger partial charge is 0.319 e. The lowest BCUT2D eigenvalue weighted by molar-refractivity contribution is -0.382.